The molecule has 25 heavy (non-hydrogen) atoms. The lowest BCUT2D eigenvalue weighted by Crippen LogP contribution is -2.47. The molecule has 148 valence electrons. The second-order valence-electron chi connectivity index (χ2n) is 7.60. The molecule has 2 unspecified atom stereocenters. The molecule has 0 fully saturated rings. The second-order valence-corrected chi connectivity index (χ2v) is 14.0. The zero-order valence-corrected chi connectivity index (χ0v) is 18.2. The van der Waals surface area contributed by atoms with Crippen molar-refractivity contribution in [3.8, 4) is 0 Å². The van der Waals surface area contributed by atoms with Crippen molar-refractivity contribution in [2.24, 2.45) is 5.92 Å². The largest absolute Gasteiger partial charge is 0.445 e. The Hall–Kier alpha value is -0.903. The van der Waals surface area contributed by atoms with E-state index in [-0.39, 0.29) is 36.8 Å². The molecule has 0 heterocycles. The number of hydrogen-bond acceptors (Lipinski definition) is 6. The van der Waals surface area contributed by atoms with Gasteiger partial charge in [0.15, 0.2) is 8.32 Å². The Morgan fingerprint density at radius 1 is 1.32 bits per heavy atom. The van der Waals surface area contributed by atoms with Gasteiger partial charge in [-0.05, 0) is 25.1 Å². The van der Waals surface area contributed by atoms with Crippen LogP contribution in [0.15, 0.2) is 12.7 Å². The fourth-order valence-corrected chi connectivity index (χ4v) is 3.61. The van der Waals surface area contributed by atoms with Gasteiger partial charge >= 0.3 is 6.09 Å². The number of hydrogen-bond donors (Lipinski definition) is 1. The summed E-state index contributed by atoms with van der Waals surface area (Å²) in [6.07, 6.45) is 1.58. The quantitative estimate of drug-likeness (QED) is 0.347. The molecule has 0 saturated heterocycles. The summed E-state index contributed by atoms with van der Waals surface area (Å²) in [6, 6.07) is 0. The van der Waals surface area contributed by atoms with Crippen molar-refractivity contribution in [1.29, 1.82) is 0 Å². The standard InChI is InChI=1S/C16H33NO6SSi/c1-9-10-21-15(18)17-11-14(12-22-24(6,19)20)13(2)23-25(7,8)16(3,4)5/h9,13-14H,1,10-12H2,2-8H3,(H,17,18). The summed E-state index contributed by atoms with van der Waals surface area (Å²) in [7, 11) is -5.62. The first-order chi connectivity index (χ1) is 11.2. The van der Waals surface area contributed by atoms with Crippen LogP contribution in [0.3, 0.4) is 0 Å². The molecule has 7 nitrogen and oxygen atoms in total. The summed E-state index contributed by atoms with van der Waals surface area (Å²) < 4.78 is 38.7. The number of alkyl carbamates (subject to hydrolysis) is 1. The van der Waals surface area contributed by atoms with Gasteiger partial charge in [0.25, 0.3) is 10.1 Å². The number of amides is 1. The number of carbonyl (C=O) groups excluding carboxylic acids is 1. The maximum Gasteiger partial charge on any atom is 0.407 e. The number of ether oxygens (including phenoxy) is 1. The van der Waals surface area contributed by atoms with Crippen LogP contribution in [0, 0.1) is 5.92 Å². The zero-order chi connectivity index (χ0) is 19.9. The highest BCUT2D eigenvalue weighted by molar-refractivity contribution is 7.85. The Morgan fingerprint density at radius 3 is 2.32 bits per heavy atom. The lowest BCUT2D eigenvalue weighted by atomic mass is 10.1. The third-order valence-electron chi connectivity index (χ3n) is 4.29. The summed E-state index contributed by atoms with van der Waals surface area (Å²) in [5.41, 5.74) is 0. The van der Waals surface area contributed by atoms with Crippen LogP contribution in [0.4, 0.5) is 4.79 Å². The number of carbonyl (C=O) groups is 1. The maximum atomic E-state index is 11.6. The Morgan fingerprint density at radius 2 is 1.88 bits per heavy atom. The van der Waals surface area contributed by atoms with Crippen molar-refractivity contribution in [2.45, 2.75) is 51.9 Å². The molecular formula is C16H33NO6SSi. The van der Waals surface area contributed by atoms with E-state index in [1.807, 2.05) is 6.92 Å². The SMILES string of the molecule is C=CCOC(=O)NCC(COS(C)(=O)=O)C(C)O[Si](C)(C)C(C)(C)C. The van der Waals surface area contributed by atoms with Crippen LogP contribution in [-0.2, 0) is 23.5 Å². The highest BCUT2D eigenvalue weighted by Gasteiger charge is 2.39. The zero-order valence-electron chi connectivity index (χ0n) is 16.4. The molecule has 1 N–H and O–H groups in total. The van der Waals surface area contributed by atoms with Crippen molar-refractivity contribution in [1.82, 2.24) is 5.32 Å². The Bertz CT molecular complexity index is 541. The summed E-state index contributed by atoms with van der Waals surface area (Å²) >= 11 is 0. The van der Waals surface area contributed by atoms with Gasteiger partial charge in [0.2, 0.25) is 0 Å². The molecule has 0 aromatic carbocycles. The maximum absolute atomic E-state index is 11.6. The van der Waals surface area contributed by atoms with Gasteiger partial charge in [-0.15, -0.1) is 0 Å². The normalized spacial score (nSPS) is 15.3. The van der Waals surface area contributed by atoms with Crippen molar-refractivity contribution in [3.63, 3.8) is 0 Å². The first-order valence-electron chi connectivity index (χ1n) is 8.23. The molecule has 0 rings (SSSR count). The van der Waals surface area contributed by atoms with Crippen molar-refractivity contribution in [3.05, 3.63) is 12.7 Å². The van der Waals surface area contributed by atoms with Gasteiger partial charge in [0.1, 0.15) is 6.61 Å². The van der Waals surface area contributed by atoms with Crippen LogP contribution in [0.5, 0.6) is 0 Å². The predicted octanol–water partition coefficient (Wildman–Crippen LogP) is 2.90. The highest BCUT2D eigenvalue weighted by Crippen LogP contribution is 2.38. The third kappa shape index (κ3) is 9.98. The topological polar surface area (TPSA) is 90.9 Å². The Kier molecular flexibility index (Phi) is 9.35. The molecule has 0 aliphatic carbocycles. The fourth-order valence-electron chi connectivity index (χ4n) is 1.71. The number of rotatable bonds is 10. The van der Waals surface area contributed by atoms with Crippen LogP contribution in [0.1, 0.15) is 27.7 Å². The molecule has 2 atom stereocenters. The summed E-state index contributed by atoms with van der Waals surface area (Å²) in [5.74, 6) is -0.333. The third-order valence-corrected chi connectivity index (χ3v) is 9.43. The van der Waals surface area contributed by atoms with E-state index < -0.39 is 24.5 Å². The monoisotopic (exact) mass is 395 g/mol. The van der Waals surface area contributed by atoms with Crippen LogP contribution < -0.4 is 5.32 Å². The van der Waals surface area contributed by atoms with Crippen molar-refractivity contribution < 1.29 is 26.6 Å². The average Bonchev–Trinajstić information content (AvgIpc) is 2.41. The van der Waals surface area contributed by atoms with E-state index in [1.165, 1.54) is 6.08 Å². The van der Waals surface area contributed by atoms with Gasteiger partial charge in [-0.3, -0.25) is 4.18 Å². The molecule has 0 radical (unpaired) electrons. The summed E-state index contributed by atoms with van der Waals surface area (Å²) in [6.45, 7) is 16.2. The van der Waals surface area contributed by atoms with Crippen LogP contribution >= 0.6 is 0 Å². The van der Waals surface area contributed by atoms with Crippen LogP contribution in [0.25, 0.3) is 0 Å². The molecule has 0 spiro atoms. The van der Waals surface area contributed by atoms with E-state index in [4.69, 9.17) is 13.3 Å². The molecule has 0 aromatic heterocycles. The van der Waals surface area contributed by atoms with Crippen molar-refractivity contribution in [2.75, 3.05) is 26.0 Å². The lowest BCUT2D eigenvalue weighted by molar-refractivity contribution is 0.0949. The fraction of sp³-hybridized carbons (Fsp3) is 0.812. The van der Waals surface area contributed by atoms with Gasteiger partial charge in [0, 0.05) is 18.6 Å². The first kappa shape index (κ1) is 24.1. The summed E-state index contributed by atoms with van der Waals surface area (Å²) in [5, 5.41) is 2.62. The lowest BCUT2D eigenvalue weighted by Gasteiger charge is -2.40. The van der Waals surface area contributed by atoms with Gasteiger partial charge in [-0.25, -0.2) is 4.79 Å². The van der Waals surface area contributed by atoms with Gasteiger partial charge in [0.05, 0.1) is 12.9 Å². The van der Waals surface area contributed by atoms with Gasteiger partial charge in [-0.2, -0.15) is 8.42 Å². The van der Waals surface area contributed by atoms with E-state index in [9.17, 15) is 13.2 Å². The molecule has 0 aliphatic heterocycles. The van der Waals surface area contributed by atoms with Crippen LogP contribution in [-0.4, -0.2) is 54.9 Å². The van der Waals surface area contributed by atoms with E-state index >= 15 is 0 Å². The molecule has 1 amide bonds. The minimum atomic E-state index is -3.58. The number of nitrogens with one attached hydrogen (secondary N) is 1. The highest BCUT2D eigenvalue weighted by atomic mass is 32.2. The molecule has 0 aliphatic rings. The van der Waals surface area contributed by atoms with E-state index in [1.54, 1.807) is 0 Å². The van der Waals surface area contributed by atoms with E-state index in [2.05, 4.69) is 45.8 Å². The predicted molar refractivity (Wildman–Crippen MR) is 102 cm³/mol. The molecular weight excluding hydrogens is 362 g/mol. The summed E-state index contributed by atoms with van der Waals surface area (Å²) in [4.78, 5) is 11.6. The minimum absolute atomic E-state index is 0.0137. The molecule has 0 saturated carbocycles. The minimum Gasteiger partial charge on any atom is -0.445 e. The molecule has 0 bridgehead atoms. The van der Waals surface area contributed by atoms with Gasteiger partial charge < -0.3 is 14.5 Å². The second kappa shape index (κ2) is 9.70. The van der Waals surface area contributed by atoms with Gasteiger partial charge in [-0.1, -0.05) is 33.4 Å². The molecule has 0 aromatic rings. The average molecular weight is 396 g/mol. The first-order valence-corrected chi connectivity index (χ1v) is 13.0. The van der Waals surface area contributed by atoms with E-state index in [0.29, 0.717) is 0 Å². The smallest absolute Gasteiger partial charge is 0.407 e. The molecule has 9 heteroatoms. The Labute approximate surface area is 153 Å². The Balaban J connectivity index is 4.97. The van der Waals surface area contributed by atoms with E-state index in [0.717, 1.165) is 6.26 Å². The van der Waals surface area contributed by atoms with Crippen LogP contribution in [0.2, 0.25) is 18.1 Å². The van der Waals surface area contributed by atoms with Crippen molar-refractivity contribution >= 4 is 24.5 Å².